The summed E-state index contributed by atoms with van der Waals surface area (Å²) in [6, 6.07) is 5.09. The van der Waals surface area contributed by atoms with Crippen molar-refractivity contribution in [3.8, 4) is 17.0 Å². The number of rotatable bonds is 2. The molecule has 0 bridgehead atoms. The van der Waals surface area contributed by atoms with Crippen molar-refractivity contribution in [2.75, 3.05) is 7.11 Å². The lowest BCUT2D eigenvalue weighted by Crippen LogP contribution is -1.95. The fourth-order valence-electron chi connectivity index (χ4n) is 1.72. The van der Waals surface area contributed by atoms with Crippen molar-refractivity contribution >= 4 is 0 Å². The van der Waals surface area contributed by atoms with Crippen LogP contribution in [0.15, 0.2) is 24.4 Å². The molecular formula is C13H13FN2O. The second kappa shape index (κ2) is 4.49. The molecule has 0 aliphatic heterocycles. The summed E-state index contributed by atoms with van der Waals surface area (Å²) in [5, 5.41) is 0. The van der Waals surface area contributed by atoms with Crippen molar-refractivity contribution in [3.63, 3.8) is 0 Å². The van der Waals surface area contributed by atoms with Crippen LogP contribution < -0.4 is 4.74 Å². The lowest BCUT2D eigenvalue weighted by molar-refractivity contribution is 0.397. The van der Waals surface area contributed by atoms with Crippen LogP contribution in [0.1, 0.15) is 11.4 Å². The first-order chi connectivity index (χ1) is 8.11. The van der Waals surface area contributed by atoms with E-state index in [0.29, 0.717) is 5.88 Å². The molecule has 0 aromatic carbocycles. The maximum Gasteiger partial charge on any atom is 0.213 e. The molecule has 0 amide bonds. The maximum absolute atomic E-state index is 13.2. The fraction of sp³-hybridized carbons (Fsp3) is 0.231. The highest BCUT2D eigenvalue weighted by molar-refractivity contribution is 5.68. The van der Waals surface area contributed by atoms with Gasteiger partial charge in [0, 0.05) is 28.6 Å². The summed E-state index contributed by atoms with van der Waals surface area (Å²) in [4.78, 5) is 8.27. The number of nitrogens with zero attached hydrogens (tertiary/aromatic N) is 2. The van der Waals surface area contributed by atoms with E-state index >= 15 is 0 Å². The van der Waals surface area contributed by atoms with E-state index in [-0.39, 0.29) is 5.82 Å². The first-order valence-electron chi connectivity index (χ1n) is 5.26. The smallest absolute Gasteiger partial charge is 0.213 e. The predicted octanol–water partition coefficient (Wildman–Crippen LogP) is 2.91. The predicted molar refractivity (Wildman–Crippen MR) is 63.5 cm³/mol. The third-order valence-corrected chi connectivity index (χ3v) is 2.61. The van der Waals surface area contributed by atoms with E-state index in [1.165, 1.54) is 12.3 Å². The second-order valence-corrected chi connectivity index (χ2v) is 3.77. The van der Waals surface area contributed by atoms with Gasteiger partial charge in [0.15, 0.2) is 0 Å². The van der Waals surface area contributed by atoms with Crippen molar-refractivity contribution in [1.29, 1.82) is 0 Å². The topological polar surface area (TPSA) is 35.0 Å². The first kappa shape index (κ1) is 11.5. The molecule has 0 atom stereocenters. The summed E-state index contributed by atoms with van der Waals surface area (Å²) >= 11 is 0. The Kier molecular flexibility index (Phi) is 3.04. The maximum atomic E-state index is 13.2. The summed E-state index contributed by atoms with van der Waals surface area (Å²) < 4.78 is 18.2. The van der Waals surface area contributed by atoms with Crippen LogP contribution >= 0.6 is 0 Å². The number of halogens is 1. The Bertz CT molecular complexity index is 555. The molecule has 17 heavy (non-hydrogen) atoms. The monoisotopic (exact) mass is 232 g/mol. The highest BCUT2D eigenvalue weighted by atomic mass is 19.1. The number of pyridine rings is 2. The largest absolute Gasteiger partial charge is 0.481 e. The lowest BCUT2D eigenvalue weighted by Gasteiger charge is -2.09. The van der Waals surface area contributed by atoms with E-state index in [9.17, 15) is 4.39 Å². The van der Waals surface area contributed by atoms with Crippen molar-refractivity contribution < 1.29 is 9.13 Å². The normalized spacial score (nSPS) is 10.4. The minimum atomic E-state index is -0.346. The van der Waals surface area contributed by atoms with E-state index in [4.69, 9.17) is 4.74 Å². The summed E-state index contributed by atoms with van der Waals surface area (Å²) in [6.07, 6.45) is 1.21. The van der Waals surface area contributed by atoms with Crippen LogP contribution in [0.4, 0.5) is 4.39 Å². The number of hydrogen-bond donors (Lipinski definition) is 0. The van der Waals surface area contributed by atoms with E-state index in [1.807, 2.05) is 19.9 Å². The van der Waals surface area contributed by atoms with E-state index < -0.39 is 0 Å². The Balaban J connectivity index is 2.56. The zero-order valence-corrected chi connectivity index (χ0v) is 9.99. The van der Waals surface area contributed by atoms with Gasteiger partial charge in [-0.1, -0.05) is 0 Å². The summed E-state index contributed by atoms with van der Waals surface area (Å²) in [7, 11) is 1.57. The molecule has 0 unspecified atom stereocenters. The Hall–Kier alpha value is -1.97. The van der Waals surface area contributed by atoms with Crippen LogP contribution in [0.3, 0.4) is 0 Å². The lowest BCUT2D eigenvalue weighted by atomic mass is 10.0. The number of aromatic nitrogens is 2. The van der Waals surface area contributed by atoms with Crippen LogP contribution in [0.2, 0.25) is 0 Å². The average molecular weight is 232 g/mol. The van der Waals surface area contributed by atoms with Crippen molar-refractivity contribution in [1.82, 2.24) is 9.97 Å². The summed E-state index contributed by atoms with van der Waals surface area (Å²) in [5.74, 6) is 0.203. The number of hydrogen-bond acceptors (Lipinski definition) is 3. The molecule has 88 valence electrons. The van der Waals surface area contributed by atoms with E-state index in [0.717, 1.165) is 22.5 Å². The highest BCUT2D eigenvalue weighted by Crippen LogP contribution is 2.26. The Morgan fingerprint density at radius 1 is 1.12 bits per heavy atom. The zero-order chi connectivity index (χ0) is 12.4. The van der Waals surface area contributed by atoms with Gasteiger partial charge in [-0.15, -0.1) is 0 Å². The third-order valence-electron chi connectivity index (χ3n) is 2.61. The van der Waals surface area contributed by atoms with Gasteiger partial charge in [-0.05, 0) is 26.0 Å². The molecule has 2 rings (SSSR count). The number of methoxy groups -OCH3 is 1. The molecule has 0 aliphatic rings. The van der Waals surface area contributed by atoms with Crippen molar-refractivity contribution in [2.24, 2.45) is 0 Å². The molecule has 0 fully saturated rings. The fourth-order valence-corrected chi connectivity index (χ4v) is 1.72. The molecule has 2 heterocycles. The molecule has 0 aliphatic carbocycles. The summed E-state index contributed by atoms with van der Waals surface area (Å²) in [6.45, 7) is 3.71. The number of aryl methyl sites for hydroxylation is 2. The van der Waals surface area contributed by atoms with E-state index in [1.54, 1.807) is 13.2 Å². The highest BCUT2D eigenvalue weighted by Gasteiger charge is 2.09. The molecule has 2 aromatic rings. The van der Waals surface area contributed by atoms with Gasteiger partial charge < -0.3 is 4.74 Å². The molecule has 0 spiro atoms. The van der Waals surface area contributed by atoms with Crippen LogP contribution in [0, 0.1) is 19.7 Å². The Labute approximate surface area is 99.3 Å². The molecule has 0 saturated carbocycles. The molecule has 0 radical (unpaired) electrons. The van der Waals surface area contributed by atoms with Gasteiger partial charge in [0.25, 0.3) is 0 Å². The SMILES string of the molecule is COc1ccc(-c2cc(F)cnc2C)c(C)n1. The second-order valence-electron chi connectivity index (χ2n) is 3.77. The Morgan fingerprint density at radius 2 is 1.88 bits per heavy atom. The van der Waals surface area contributed by atoms with Crippen LogP contribution in [-0.2, 0) is 0 Å². The van der Waals surface area contributed by atoms with Crippen molar-refractivity contribution in [3.05, 3.63) is 41.6 Å². The minimum absolute atomic E-state index is 0.346. The molecule has 4 heteroatoms. The molecule has 0 N–H and O–H groups in total. The van der Waals surface area contributed by atoms with Crippen LogP contribution in [0.5, 0.6) is 5.88 Å². The van der Waals surface area contributed by atoms with Gasteiger partial charge in [-0.25, -0.2) is 9.37 Å². The minimum Gasteiger partial charge on any atom is -0.481 e. The van der Waals surface area contributed by atoms with Gasteiger partial charge >= 0.3 is 0 Å². The van der Waals surface area contributed by atoms with Crippen LogP contribution in [-0.4, -0.2) is 17.1 Å². The average Bonchev–Trinajstić information content (AvgIpc) is 2.32. The quantitative estimate of drug-likeness (QED) is 0.798. The van der Waals surface area contributed by atoms with Crippen LogP contribution in [0.25, 0.3) is 11.1 Å². The Morgan fingerprint density at radius 3 is 2.53 bits per heavy atom. The molecular weight excluding hydrogens is 219 g/mol. The van der Waals surface area contributed by atoms with Gasteiger partial charge in [0.1, 0.15) is 5.82 Å². The standard InChI is InChI=1S/C13H13FN2O/c1-8-12(6-10(14)7-15-8)11-4-5-13(17-3)16-9(11)2/h4-7H,1-3H3. The van der Waals surface area contributed by atoms with E-state index in [2.05, 4.69) is 9.97 Å². The summed E-state index contributed by atoms with van der Waals surface area (Å²) in [5.41, 5.74) is 3.20. The third kappa shape index (κ3) is 2.25. The zero-order valence-electron chi connectivity index (χ0n) is 9.99. The number of ether oxygens (including phenoxy) is 1. The molecule has 2 aromatic heterocycles. The van der Waals surface area contributed by atoms with Gasteiger partial charge in [0.05, 0.1) is 13.3 Å². The molecule has 0 saturated heterocycles. The van der Waals surface area contributed by atoms with Gasteiger partial charge in [0.2, 0.25) is 5.88 Å². The van der Waals surface area contributed by atoms with Crippen molar-refractivity contribution in [2.45, 2.75) is 13.8 Å². The van der Waals surface area contributed by atoms with Gasteiger partial charge in [-0.2, -0.15) is 0 Å². The molecule has 3 nitrogen and oxygen atoms in total. The van der Waals surface area contributed by atoms with Gasteiger partial charge in [-0.3, -0.25) is 4.98 Å². The first-order valence-corrected chi connectivity index (χ1v) is 5.26.